The summed E-state index contributed by atoms with van der Waals surface area (Å²) in [5.41, 5.74) is 1.32. The summed E-state index contributed by atoms with van der Waals surface area (Å²) in [7, 11) is 4.90. The number of thioether (sulfide) groups is 1. The highest BCUT2D eigenvalue weighted by Crippen LogP contribution is 2.20. The monoisotopic (exact) mass is 317 g/mol. The summed E-state index contributed by atoms with van der Waals surface area (Å²) in [4.78, 5) is 12.5. The summed E-state index contributed by atoms with van der Waals surface area (Å²) in [6.45, 7) is 7.90. The van der Waals surface area contributed by atoms with E-state index in [4.69, 9.17) is 8.05 Å². The average molecular weight is 317 g/mol. The molecule has 7 heteroatoms. The van der Waals surface area contributed by atoms with Gasteiger partial charge in [-0.3, -0.25) is 0 Å². The van der Waals surface area contributed by atoms with Crippen molar-refractivity contribution >= 4 is 25.8 Å². The third kappa shape index (κ3) is 5.93. The Kier molecular flexibility index (Phi) is 7.73. The molecular formula is C15H20BN3O2S. The molecule has 0 fully saturated rings. The maximum absolute atomic E-state index is 11.4. The number of allylic oxidation sites excluding steroid dienone is 4. The van der Waals surface area contributed by atoms with Crippen molar-refractivity contribution in [2.45, 2.75) is 39.5 Å². The molecule has 1 heterocycles. The van der Waals surface area contributed by atoms with Gasteiger partial charge in [0.05, 0.1) is 11.3 Å². The molecule has 1 rings (SSSR count). The molecule has 0 aliphatic heterocycles. The first-order valence-corrected chi connectivity index (χ1v) is 7.92. The van der Waals surface area contributed by atoms with Gasteiger partial charge in [-0.05, 0) is 38.7 Å². The van der Waals surface area contributed by atoms with Crippen molar-refractivity contribution in [3.8, 4) is 0 Å². The summed E-state index contributed by atoms with van der Waals surface area (Å²) in [6.07, 6.45) is 8.88. The smallest absolute Gasteiger partial charge is 0.378 e. The van der Waals surface area contributed by atoms with Crippen molar-refractivity contribution in [1.29, 1.82) is 0 Å². The lowest BCUT2D eigenvalue weighted by atomic mass is 10.2. The van der Waals surface area contributed by atoms with Crippen LogP contribution in [0.1, 0.15) is 39.4 Å². The van der Waals surface area contributed by atoms with E-state index in [-0.39, 0.29) is 0 Å². The summed E-state index contributed by atoms with van der Waals surface area (Å²) < 4.78 is 6.07. The van der Waals surface area contributed by atoms with Crippen LogP contribution in [0.15, 0.2) is 41.0 Å². The molecule has 0 bridgehead atoms. The Morgan fingerprint density at radius 3 is 2.77 bits per heavy atom. The number of hydrogen-bond donors (Lipinski definition) is 0. The molecule has 0 aliphatic rings. The van der Waals surface area contributed by atoms with Gasteiger partial charge in [-0.25, -0.2) is 9.48 Å². The molecule has 0 saturated carbocycles. The Morgan fingerprint density at radius 1 is 1.50 bits per heavy atom. The molecule has 0 aromatic carbocycles. The zero-order valence-corrected chi connectivity index (χ0v) is 14.1. The van der Waals surface area contributed by atoms with E-state index in [1.54, 1.807) is 30.0 Å². The van der Waals surface area contributed by atoms with Gasteiger partial charge in [0.1, 0.15) is 0 Å². The van der Waals surface area contributed by atoms with Crippen molar-refractivity contribution in [1.82, 2.24) is 15.0 Å². The summed E-state index contributed by atoms with van der Waals surface area (Å²) in [5.74, 6) is 0.162. The maximum Gasteiger partial charge on any atom is 0.378 e. The first kappa shape index (κ1) is 18.3. The Hall–Kier alpha value is -1.76. The topological polar surface area (TPSA) is 57.0 Å². The Balaban J connectivity index is 2.66. The van der Waals surface area contributed by atoms with E-state index in [0.717, 1.165) is 16.4 Å². The standard InChI is InChI=1S/C15H20BN3O2S/c1-5-6-13(15(20)21-16)8-7-12(4)22-10-14-9-19(11(2)3)18-17-14/h5-9,11H,10H2,1-4H3/b6-5-,12-7+,13-8+. The molecular weight excluding hydrogens is 297 g/mol. The van der Waals surface area contributed by atoms with Gasteiger partial charge in [0.2, 0.25) is 0 Å². The van der Waals surface area contributed by atoms with Gasteiger partial charge < -0.3 is 4.65 Å². The second kappa shape index (κ2) is 9.30. The lowest BCUT2D eigenvalue weighted by Gasteiger charge is -2.01. The summed E-state index contributed by atoms with van der Waals surface area (Å²) >= 11 is 1.63. The van der Waals surface area contributed by atoms with Crippen LogP contribution in [-0.2, 0) is 15.2 Å². The van der Waals surface area contributed by atoms with Gasteiger partial charge >= 0.3 is 14.0 Å². The summed E-state index contributed by atoms with van der Waals surface area (Å²) in [5, 5.41) is 8.19. The van der Waals surface area contributed by atoms with Gasteiger partial charge in [0.25, 0.3) is 0 Å². The predicted octanol–water partition coefficient (Wildman–Crippen LogP) is 3.13. The van der Waals surface area contributed by atoms with E-state index >= 15 is 0 Å². The van der Waals surface area contributed by atoms with E-state index in [0.29, 0.717) is 11.6 Å². The SMILES string of the molecule is [B]OC(=O)C(/C=C\C)=C/C=C(\C)SCc1cn(C(C)C)nn1. The molecule has 0 amide bonds. The third-order valence-electron chi connectivity index (χ3n) is 2.72. The lowest BCUT2D eigenvalue weighted by molar-refractivity contribution is -0.129. The number of aromatic nitrogens is 3. The summed E-state index contributed by atoms with van der Waals surface area (Å²) in [6, 6.07) is 0.302. The normalized spacial score (nSPS) is 13.1. The van der Waals surface area contributed by atoms with Crippen molar-refractivity contribution in [3.63, 3.8) is 0 Å². The van der Waals surface area contributed by atoms with Gasteiger partial charge in [-0.1, -0.05) is 23.4 Å². The van der Waals surface area contributed by atoms with Crippen LogP contribution in [0.4, 0.5) is 0 Å². The maximum atomic E-state index is 11.4. The van der Waals surface area contributed by atoms with Crippen LogP contribution >= 0.6 is 11.8 Å². The molecule has 5 nitrogen and oxygen atoms in total. The van der Waals surface area contributed by atoms with E-state index in [9.17, 15) is 4.79 Å². The highest BCUT2D eigenvalue weighted by Gasteiger charge is 2.05. The molecule has 0 saturated heterocycles. The zero-order chi connectivity index (χ0) is 16.5. The highest BCUT2D eigenvalue weighted by molar-refractivity contribution is 8.02. The van der Waals surface area contributed by atoms with Crippen molar-refractivity contribution < 1.29 is 9.45 Å². The van der Waals surface area contributed by atoms with Crippen molar-refractivity contribution in [2.75, 3.05) is 0 Å². The molecule has 0 N–H and O–H groups in total. The molecule has 0 aliphatic carbocycles. The number of hydrogen-bond acceptors (Lipinski definition) is 5. The molecule has 1 aromatic heterocycles. The van der Waals surface area contributed by atoms with Crippen molar-refractivity contribution in [3.05, 3.63) is 46.7 Å². The third-order valence-corrected chi connectivity index (χ3v) is 3.75. The number of nitrogens with zero attached hydrogens (tertiary/aromatic N) is 3. The number of carbonyl (C=O) groups is 1. The second-order valence-electron chi connectivity index (χ2n) is 4.88. The minimum absolute atomic E-state index is 0.302. The van der Waals surface area contributed by atoms with Crippen LogP contribution in [-0.4, -0.2) is 29.0 Å². The number of carbonyl (C=O) groups excluding carboxylic acids is 1. The van der Waals surface area contributed by atoms with Gasteiger partial charge in [0.15, 0.2) is 0 Å². The molecule has 1 aromatic rings. The fraction of sp³-hybridized carbons (Fsp3) is 0.400. The Morgan fingerprint density at radius 2 is 2.23 bits per heavy atom. The first-order valence-electron chi connectivity index (χ1n) is 6.93. The van der Waals surface area contributed by atoms with E-state index in [2.05, 4.69) is 28.8 Å². The second-order valence-corrected chi connectivity index (χ2v) is 6.10. The molecule has 0 unspecified atom stereocenters. The van der Waals surface area contributed by atoms with Gasteiger partial charge in [0, 0.05) is 18.0 Å². The van der Waals surface area contributed by atoms with Crippen LogP contribution < -0.4 is 0 Å². The van der Waals surface area contributed by atoms with Crippen LogP contribution in [0.2, 0.25) is 0 Å². The zero-order valence-electron chi connectivity index (χ0n) is 13.3. The van der Waals surface area contributed by atoms with Crippen molar-refractivity contribution in [2.24, 2.45) is 0 Å². The fourth-order valence-electron chi connectivity index (χ4n) is 1.51. The quantitative estimate of drug-likeness (QED) is 0.439. The average Bonchev–Trinajstić information content (AvgIpc) is 2.97. The van der Waals surface area contributed by atoms with E-state index < -0.39 is 5.97 Å². The predicted molar refractivity (Wildman–Crippen MR) is 90.2 cm³/mol. The first-order chi connectivity index (χ1) is 10.5. The molecule has 0 spiro atoms. The Labute approximate surface area is 136 Å². The fourth-order valence-corrected chi connectivity index (χ4v) is 2.19. The van der Waals surface area contributed by atoms with Crippen LogP contribution in [0, 0.1) is 0 Å². The number of rotatable bonds is 7. The largest absolute Gasteiger partial charge is 0.540 e. The van der Waals surface area contributed by atoms with Gasteiger partial charge in [-0.15, -0.1) is 16.9 Å². The van der Waals surface area contributed by atoms with Crippen LogP contribution in [0.5, 0.6) is 0 Å². The van der Waals surface area contributed by atoms with Gasteiger partial charge in [-0.2, -0.15) is 0 Å². The lowest BCUT2D eigenvalue weighted by Crippen LogP contribution is -2.03. The Bertz CT molecular complexity index is 591. The molecule has 116 valence electrons. The molecule has 0 atom stereocenters. The van der Waals surface area contributed by atoms with Crippen LogP contribution in [0.25, 0.3) is 0 Å². The minimum atomic E-state index is -0.563. The van der Waals surface area contributed by atoms with E-state index in [1.807, 2.05) is 30.8 Å². The minimum Gasteiger partial charge on any atom is -0.540 e. The molecule has 22 heavy (non-hydrogen) atoms. The van der Waals surface area contributed by atoms with E-state index in [1.165, 1.54) is 0 Å². The van der Waals surface area contributed by atoms with Crippen LogP contribution in [0.3, 0.4) is 0 Å². The molecule has 2 radical (unpaired) electrons. The highest BCUT2D eigenvalue weighted by atomic mass is 32.2.